The average Bonchev–Trinajstić information content (AvgIpc) is 2.56. The summed E-state index contributed by atoms with van der Waals surface area (Å²) in [6, 6.07) is 4.62. The summed E-state index contributed by atoms with van der Waals surface area (Å²) in [7, 11) is 0. The number of carbonyl (C=O) groups excluding carboxylic acids is 2. The number of carboxylic acid groups (broad SMARTS) is 1. The normalized spacial score (nSPS) is 14.4. The minimum Gasteiger partial charge on any atom is -0.494 e. The van der Waals surface area contributed by atoms with Gasteiger partial charge >= 0.3 is 5.97 Å². The summed E-state index contributed by atoms with van der Waals surface area (Å²) in [6.45, 7) is 3.86. The van der Waals surface area contributed by atoms with Crippen LogP contribution in [0.3, 0.4) is 0 Å². The number of nitrogens with one attached hydrogen (secondary N) is 2. The molecule has 0 aliphatic carbocycles. The summed E-state index contributed by atoms with van der Waals surface area (Å²) in [5.41, 5.74) is 1.85. The van der Waals surface area contributed by atoms with Crippen LogP contribution >= 0.6 is 0 Å². The highest BCUT2D eigenvalue weighted by Crippen LogP contribution is 2.26. The van der Waals surface area contributed by atoms with Crippen molar-refractivity contribution in [1.29, 1.82) is 0 Å². The zero-order valence-corrected chi connectivity index (χ0v) is 14.5. The third-order valence-corrected chi connectivity index (χ3v) is 4.04. The van der Waals surface area contributed by atoms with E-state index in [-0.39, 0.29) is 24.2 Å². The average molecular weight is 348 g/mol. The first kappa shape index (κ1) is 18.8. The monoisotopic (exact) mass is 348 g/mol. The van der Waals surface area contributed by atoms with Gasteiger partial charge in [-0.15, -0.1) is 0 Å². The third kappa shape index (κ3) is 5.48. The molecule has 1 aromatic carbocycles. The number of benzene rings is 1. The van der Waals surface area contributed by atoms with Gasteiger partial charge in [-0.2, -0.15) is 0 Å². The molecule has 7 nitrogen and oxygen atoms in total. The number of hydrogen-bond donors (Lipinski definition) is 3. The Kier molecular flexibility index (Phi) is 6.38. The summed E-state index contributed by atoms with van der Waals surface area (Å²) in [4.78, 5) is 34.2. The van der Waals surface area contributed by atoms with Crippen LogP contribution in [-0.4, -0.2) is 35.5 Å². The second-order valence-electron chi connectivity index (χ2n) is 6.45. The van der Waals surface area contributed by atoms with Crippen molar-refractivity contribution in [1.82, 2.24) is 5.32 Å². The van der Waals surface area contributed by atoms with Crippen LogP contribution in [0.1, 0.15) is 38.7 Å². The molecule has 0 unspecified atom stereocenters. The Morgan fingerprint density at radius 2 is 2.08 bits per heavy atom. The Bertz CT molecular complexity index is 657. The number of carbonyl (C=O) groups is 3. The fourth-order valence-corrected chi connectivity index (χ4v) is 2.63. The molecule has 1 aliphatic rings. The van der Waals surface area contributed by atoms with Crippen LogP contribution in [0.15, 0.2) is 18.2 Å². The number of amides is 2. The van der Waals surface area contributed by atoms with Crippen LogP contribution in [0.25, 0.3) is 0 Å². The van der Waals surface area contributed by atoms with Crippen LogP contribution < -0.4 is 15.4 Å². The second kappa shape index (κ2) is 8.50. The summed E-state index contributed by atoms with van der Waals surface area (Å²) >= 11 is 0. The Morgan fingerprint density at radius 1 is 1.32 bits per heavy atom. The quantitative estimate of drug-likeness (QED) is 0.623. The van der Waals surface area contributed by atoms with Gasteiger partial charge in [-0.1, -0.05) is 13.8 Å². The van der Waals surface area contributed by atoms with Gasteiger partial charge in [0.1, 0.15) is 11.8 Å². The Labute approximate surface area is 146 Å². The van der Waals surface area contributed by atoms with Gasteiger partial charge in [0, 0.05) is 18.5 Å². The van der Waals surface area contributed by atoms with E-state index < -0.39 is 12.0 Å². The molecule has 25 heavy (non-hydrogen) atoms. The van der Waals surface area contributed by atoms with E-state index in [1.54, 1.807) is 19.9 Å². The summed E-state index contributed by atoms with van der Waals surface area (Å²) in [6.07, 6.45) is 1.85. The van der Waals surface area contributed by atoms with E-state index in [4.69, 9.17) is 9.84 Å². The molecule has 0 saturated heterocycles. The summed E-state index contributed by atoms with van der Waals surface area (Å²) in [5.74, 6) is -0.776. The van der Waals surface area contributed by atoms with E-state index in [1.165, 1.54) is 0 Å². The lowest BCUT2D eigenvalue weighted by Crippen LogP contribution is -2.44. The number of carboxylic acids is 1. The SMILES string of the molecule is CC(C)[C@@H](NC(=O)CCCOc1ccc2c(c1)CCC(=O)N2)C(=O)O. The number of aryl methyl sites for hydroxylation is 1. The number of ether oxygens (including phenoxy) is 1. The van der Waals surface area contributed by atoms with Gasteiger partial charge in [0.05, 0.1) is 6.61 Å². The molecule has 0 bridgehead atoms. The molecule has 2 rings (SSSR count). The van der Waals surface area contributed by atoms with Gasteiger partial charge in [-0.05, 0) is 42.5 Å². The third-order valence-electron chi connectivity index (χ3n) is 4.04. The fraction of sp³-hybridized carbons (Fsp3) is 0.500. The zero-order valence-electron chi connectivity index (χ0n) is 14.5. The van der Waals surface area contributed by atoms with Crippen molar-refractivity contribution < 1.29 is 24.2 Å². The van der Waals surface area contributed by atoms with Crippen LogP contribution in [0.4, 0.5) is 5.69 Å². The molecule has 0 radical (unpaired) electrons. The van der Waals surface area contributed by atoms with Crippen molar-refractivity contribution in [2.75, 3.05) is 11.9 Å². The first-order chi connectivity index (χ1) is 11.9. The van der Waals surface area contributed by atoms with Gasteiger partial charge in [-0.3, -0.25) is 9.59 Å². The van der Waals surface area contributed by atoms with E-state index in [0.29, 0.717) is 31.6 Å². The van der Waals surface area contributed by atoms with E-state index in [0.717, 1.165) is 11.3 Å². The molecule has 1 heterocycles. The van der Waals surface area contributed by atoms with Crippen molar-refractivity contribution in [3.05, 3.63) is 23.8 Å². The predicted molar refractivity (Wildman–Crippen MR) is 92.5 cm³/mol. The molecule has 0 fully saturated rings. The highest BCUT2D eigenvalue weighted by atomic mass is 16.5. The lowest BCUT2D eigenvalue weighted by Gasteiger charge is -2.18. The second-order valence-corrected chi connectivity index (χ2v) is 6.45. The van der Waals surface area contributed by atoms with E-state index in [1.807, 2.05) is 12.1 Å². The molecular weight excluding hydrogens is 324 g/mol. The summed E-state index contributed by atoms with van der Waals surface area (Å²) < 4.78 is 5.64. The molecule has 136 valence electrons. The standard InChI is InChI=1S/C18H24N2O5/c1-11(2)17(18(23)24)20-15(21)4-3-9-25-13-6-7-14-12(10-13)5-8-16(22)19-14/h6-7,10-11,17H,3-5,8-9H2,1-2H3,(H,19,22)(H,20,21)(H,23,24)/t17-/m1/s1. The molecule has 7 heteroatoms. The molecule has 1 atom stereocenters. The number of rotatable bonds is 8. The Hall–Kier alpha value is -2.57. The van der Waals surface area contributed by atoms with Gasteiger partial charge in [0.15, 0.2) is 0 Å². The Morgan fingerprint density at radius 3 is 2.76 bits per heavy atom. The van der Waals surface area contributed by atoms with Crippen molar-refractivity contribution in [3.8, 4) is 5.75 Å². The minimum absolute atomic E-state index is 0.0215. The van der Waals surface area contributed by atoms with Gasteiger partial charge < -0.3 is 20.5 Å². The molecule has 2 amide bonds. The number of anilines is 1. The maximum absolute atomic E-state index is 11.8. The molecule has 0 saturated carbocycles. The van der Waals surface area contributed by atoms with Crippen molar-refractivity contribution in [2.45, 2.75) is 45.6 Å². The maximum atomic E-state index is 11.8. The molecule has 0 aromatic heterocycles. The lowest BCUT2D eigenvalue weighted by atomic mass is 10.0. The molecule has 1 aliphatic heterocycles. The zero-order chi connectivity index (χ0) is 18.4. The van der Waals surface area contributed by atoms with Crippen molar-refractivity contribution >= 4 is 23.5 Å². The van der Waals surface area contributed by atoms with Crippen LogP contribution in [0.2, 0.25) is 0 Å². The maximum Gasteiger partial charge on any atom is 0.326 e. The van der Waals surface area contributed by atoms with E-state index in [2.05, 4.69) is 10.6 Å². The topological polar surface area (TPSA) is 105 Å². The molecular formula is C18H24N2O5. The van der Waals surface area contributed by atoms with Crippen LogP contribution in [0, 0.1) is 5.92 Å². The largest absolute Gasteiger partial charge is 0.494 e. The minimum atomic E-state index is -1.03. The van der Waals surface area contributed by atoms with Gasteiger partial charge in [0.2, 0.25) is 11.8 Å². The molecule has 3 N–H and O–H groups in total. The molecule has 0 spiro atoms. The van der Waals surface area contributed by atoms with Crippen molar-refractivity contribution in [2.24, 2.45) is 5.92 Å². The predicted octanol–water partition coefficient (Wildman–Crippen LogP) is 1.96. The van der Waals surface area contributed by atoms with Crippen LogP contribution in [0.5, 0.6) is 5.75 Å². The number of aliphatic carboxylic acids is 1. The van der Waals surface area contributed by atoms with Gasteiger partial charge in [-0.25, -0.2) is 4.79 Å². The number of fused-ring (bicyclic) bond motifs is 1. The van der Waals surface area contributed by atoms with Gasteiger partial charge in [0.25, 0.3) is 0 Å². The fourth-order valence-electron chi connectivity index (χ4n) is 2.63. The van der Waals surface area contributed by atoms with E-state index in [9.17, 15) is 14.4 Å². The highest BCUT2D eigenvalue weighted by Gasteiger charge is 2.23. The summed E-state index contributed by atoms with van der Waals surface area (Å²) in [5, 5.41) is 14.4. The van der Waals surface area contributed by atoms with E-state index >= 15 is 0 Å². The highest BCUT2D eigenvalue weighted by molar-refractivity contribution is 5.94. The Balaban J connectivity index is 1.75. The van der Waals surface area contributed by atoms with Crippen LogP contribution in [-0.2, 0) is 20.8 Å². The smallest absolute Gasteiger partial charge is 0.326 e. The first-order valence-electron chi connectivity index (χ1n) is 8.44. The molecule has 1 aromatic rings. The number of hydrogen-bond acceptors (Lipinski definition) is 4. The lowest BCUT2D eigenvalue weighted by molar-refractivity contribution is -0.143. The van der Waals surface area contributed by atoms with Crippen molar-refractivity contribution in [3.63, 3.8) is 0 Å². The first-order valence-corrected chi connectivity index (χ1v) is 8.44.